The lowest BCUT2D eigenvalue weighted by atomic mass is 10.1. The Morgan fingerprint density at radius 2 is 2.00 bits per heavy atom. The number of aromatic amines is 1. The molecule has 0 aliphatic carbocycles. The van der Waals surface area contributed by atoms with E-state index in [1.807, 2.05) is 28.9 Å². The number of nitrogens with two attached hydrogens (primary N) is 1. The summed E-state index contributed by atoms with van der Waals surface area (Å²) in [4.78, 5) is 12.0. The van der Waals surface area contributed by atoms with Gasteiger partial charge in [0.05, 0.1) is 16.6 Å². The van der Waals surface area contributed by atoms with E-state index in [4.69, 9.17) is 10.8 Å². The van der Waals surface area contributed by atoms with E-state index < -0.39 is 6.35 Å². The molecule has 0 amide bonds. The molecule has 9 heteroatoms. The van der Waals surface area contributed by atoms with E-state index >= 15 is 0 Å². The van der Waals surface area contributed by atoms with Crippen molar-refractivity contribution in [2.24, 2.45) is 0 Å². The first-order valence-corrected chi connectivity index (χ1v) is 9.02. The van der Waals surface area contributed by atoms with Crippen molar-refractivity contribution in [3.63, 3.8) is 0 Å². The topological polar surface area (TPSA) is 130 Å². The van der Waals surface area contributed by atoms with Crippen LogP contribution in [0.2, 0.25) is 0 Å². The van der Waals surface area contributed by atoms with Gasteiger partial charge >= 0.3 is 0 Å². The Bertz CT molecular complexity index is 1150. The molecular formula is C19H24N8O. The number of hydrogen-bond acceptors (Lipinski definition) is 7. The Hall–Kier alpha value is -3.17. The predicted octanol–water partition coefficient (Wildman–Crippen LogP) is 2.22. The highest BCUT2D eigenvalue weighted by Gasteiger charge is 2.24. The number of H-pyrrole nitrogens is 1. The van der Waals surface area contributed by atoms with Gasteiger partial charge in [0.2, 0.25) is 0 Å². The number of aromatic nitrogens is 5. The minimum absolute atomic E-state index is 0.260. The third-order valence-electron chi connectivity index (χ3n) is 4.58. The zero-order valence-corrected chi connectivity index (χ0v) is 16.3. The SMILES string of the molecule is CNC(O)Nc1ccc2cc(-c3nn(C(C)(C)C)c4ncnc(N)c34)[nH]c2c1. The van der Waals surface area contributed by atoms with Crippen LogP contribution in [0.15, 0.2) is 30.6 Å². The third kappa shape index (κ3) is 3.04. The molecule has 28 heavy (non-hydrogen) atoms. The number of hydrogen-bond donors (Lipinski definition) is 5. The van der Waals surface area contributed by atoms with Crippen molar-refractivity contribution >= 4 is 33.4 Å². The lowest BCUT2D eigenvalue weighted by Crippen LogP contribution is -2.32. The molecule has 0 aliphatic heterocycles. The molecule has 0 bridgehead atoms. The van der Waals surface area contributed by atoms with Gasteiger partial charge in [-0.2, -0.15) is 5.10 Å². The van der Waals surface area contributed by atoms with Crippen LogP contribution in [-0.4, -0.2) is 43.2 Å². The van der Waals surface area contributed by atoms with Crippen molar-refractivity contribution in [3.8, 4) is 11.4 Å². The van der Waals surface area contributed by atoms with Crippen LogP contribution in [0.4, 0.5) is 11.5 Å². The quantitative estimate of drug-likeness (QED) is 0.343. The fourth-order valence-electron chi connectivity index (χ4n) is 3.21. The van der Waals surface area contributed by atoms with E-state index in [2.05, 4.69) is 46.4 Å². The van der Waals surface area contributed by atoms with Gasteiger partial charge in [-0.15, -0.1) is 0 Å². The van der Waals surface area contributed by atoms with Crippen LogP contribution in [0.25, 0.3) is 33.3 Å². The molecule has 146 valence electrons. The van der Waals surface area contributed by atoms with Gasteiger partial charge in [0, 0.05) is 16.6 Å². The average molecular weight is 380 g/mol. The summed E-state index contributed by atoms with van der Waals surface area (Å²) in [6, 6.07) is 7.84. The highest BCUT2D eigenvalue weighted by molar-refractivity contribution is 6.00. The maximum absolute atomic E-state index is 9.72. The molecule has 4 rings (SSSR count). The number of fused-ring (bicyclic) bond motifs is 2. The average Bonchev–Trinajstić information content (AvgIpc) is 3.22. The molecule has 0 radical (unpaired) electrons. The normalized spacial score (nSPS) is 13.3. The zero-order valence-electron chi connectivity index (χ0n) is 16.3. The zero-order chi connectivity index (χ0) is 20.1. The summed E-state index contributed by atoms with van der Waals surface area (Å²) in [6.45, 7) is 6.20. The molecule has 1 unspecified atom stereocenters. The number of rotatable bonds is 4. The molecule has 1 aromatic carbocycles. The summed E-state index contributed by atoms with van der Waals surface area (Å²) >= 11 is 0. The number of nitrogens with one attached hydrogen (secondary N) is 3. The van der Waals surface area contributed by atoms with Gasteiger partial charge < -0.3 is 21.1 Å². The fourth-order valence-corrected chi connectivity index (χ4v) is 3.21. The molecule has 0 aliphatic rings. The molecular weight excluding hydrogens is 356 g/mol. The van der Waals surface area contributed by atoms with Crippen LogP contribution < -0.4 is 16.4 Å². The number of benzene rings is 1. The van der Waals surface area contributed by atoms with Crippen molar-refractivity contribution in [3.05, 3.63) is 30.6 Å². The second kappa shape index (κ2) is 6.47. The fraction of sp³-hybridized carbons (Fsp3) is 0.316. The van der Waals surface area contributed by atoms with E-state index in [1.54, 1.807) is 7.05 Å². The lowest BCUT2D eigenvalue weighted by molar-refractivity contribution is 0.176. The Labute approximate surface area is 162 Å². The van der Waals surface area contributed by atoms with Crippen molar-refractivity contribution in [1.82, 2.24) is 30.0 Å². The monoisotopic (exact) mass is 380 g/mol. The molecule has 3 aromatic heterocycles. The Morgan fingerprint density at radius 3 is 2.71 bits per heavy atom. The number of aliphatic hydroxyl groups excluding tert-OH is 1. The Morgan fingerprint density at radius 1 is 1.21 bits per heavy atom. The maximum Gasteiger partial charge on any atom is 0.181 e. The van der Waals surface area contributed by atoms with Crippen LogP contribution in [0.5, 0.6) is 0 Å². The number of nitrogens with zero attached hydrogens (tertiary/aromatic N) is 4. The van der Waals surface area contributed by atoms with E-state index in [0.717, 1.165) is 27.7 Å². The van der Waals surface area contributed by atoms with Crippen molar-refractivity contribution in [1.29, 1.82) is 0 Å². The summed E-state index contributed by atoms with van der Waals surface area (Å²) in [6.07, 6.45) is 0.636. The second-order valence-electron chi connectivity index (χ2n) is 7.71. The molecule has 3 heterocycles. The van der Waals surface area contributed by atoms with E-state index in [0.29, 0.717) is 17.2 Å². The molecule has 0 saturated heterocycles. The molecule has 0 fully saturated rings. The van der Waals surface area contributed by atoms with Gasteiger partial charge in [-0.1, -0.05) is 6.07 Å². The summed E-state index contributed by atoms with van der Waals surface area (Å²) in [5.41, 5.74) is 9.86. The summed E-state index contributed by atoms with van der Waals surface area (Å²) in [5.74, 6) is 0.397. The summed E-state index contributed by atoms with van der Waals surface area (Å²) in [7, 11) is 1.67. The van der Waals surface area contributed by atoms with Crippen molar-refractivity contribution < 1.29 is 5.11 Å². The molecule has 0 spiro atoms. The third-order valence-corrected chi connectivity index (χ3v) is 4.58. The van der Waals surface area contributed by atoms with Crippen LogP contribution in [0, 0.1) is 0 Å². The van der Waals surface area contributed by atoms with Gasteiger partial charge in [0.1, 0.15) is 17.8 Å². The highest BCUT2D eigenvalue weighted by atomic mass is 16.3. The van der Waals surface area contributed by atoms with Crippen molar-refractivity contribution in [2.75, 3.05) is 18.1 Å². The molecule has 1 atom stereocenters. The minimum Gasteiger partial charge on any atom is -0.383 e. The predicted molar refractivity (Wildman–Crippen MR) is 111 cm³/mol. The molecule has 4 aromatic rings. The van der Waals surface area contributed by atoms with Gasteiger partial charge in [0.25, 0.3) is 0 Å². The van der Waals surface area contributed by atoms with E-state index in [-0.39, 0.29) is 5.54 Å². The van der Waals surface area contributed by atoms with Crippen LogP contribution in [0.1, 0.15) is 20.8 Å². The first kappa shape index (κ1) is 18.2. The lowest BCUT2D eigenvalue weighted by Gasteiger charge is -2.19. The molecule has 0 saturated carbocycles. The Balaban J connectivity index is 1.87. The highest BCUT2D eigenvalue weighted by Crippen LogP contribution is 2.34. The molecule has 6 N–H and O–H groups in total. The summed E-state index contributed by atoms with van der Waals surface area (Å²) < 4.78 is 1.87. The minimum atomic E-state index is -0.824. The second-order valence-corrected chi connectivity index (χ2v) is 7.71. The largest absolute Gasteiger partial charge is 0.383 e. The van der Waals surface area contributed by atoms with Crippen LogP contribution in [-0.2, 0) is 5.54 Å². The Kier molecular flexibility index (Phi) is 4.20. The number of aliphatic hydroxyl groups is 1. The number of anilines is 2. The first-order valence-electron chi connectivity index (χ1n) is 9.02. The first-order chi connectivity index (χ1) is 13.3. The van der Waals surface area contributed by atoms with Crippen molar-refractivity contribution in [2.45, 2.75) is 32.7 Å². The van der Waals surface area contributed by atoms with E-state index in [9.17, 15) is 5.11 Å². The van der Waals surface area contributed by atoms with Gasteiger partial charge in [0.15, 0.2) is 12.0 Å². The standard InChI is InChI=1S/C19H24N8O/c1-19(2,3)27-17-14(16(20)22-9-23-17)15(26-27)13-7-10-5-6-11(8-12(10)25-13)24-18(28)21-4/h5-9,18,21,24-25,28H,1-4H3,(H2,20,22,23). The van der Waals surface area contributed by atoms with Gasteiger partial charge in [-0.3, -0.25) is 5.32 Å². The van der Waals surface area contributed by atoms with E-state index in [1.165, 1.54) is 6.33 Å². The molecule has 9 nitrogen and oxygen atoms in total. The van der Waals surface area contributed by atoms with Gasteiger partial charge in [-0.05, 0) is 46.0 Å². The summed E-state index contributed by atoms with van der Waals surface area (Å²) in [5, 5.41) is 22.0. The van der Waals surface area contributed by atoms with Gasteiger partial charge in [-0.25, -0.2) is 14.6 Å². The van der Waals surface area contributed by atoms with Crippen LogP contribution in [0.3, 0.4) is 0 Å². The smallest absolute Gasteiger partial charge is 0.181 e. The number of nitrogen functional groups attached to an aromatic ring is 1. The maximum atomic E-state index is 9.72. The van der Waals surface area contributed by atoms with Crippen LogP contribution >= 0.6 is 0 Å².